The van der Waals surface area contributed by atoms with E-state index < -0.39 is 0 Å². The lowest BCUT2D eigenvalue weighted by atomic mass is 10.1. The monoisotopic (exact) mass is 276 g/mol. The SMILES string of the molecule is CN(Cc1ccoc1)C1CCc2nn(C)c(=O)n2CC1. The van der Waals surface area contributed by atoms with E-state index in [2.05, 4.69) is 17.0 Å². The molecule has 6 heteroatoms. The first-order chi connectivity index (χ1) is 9.65. The molecule has 2 aromatic rings. The third-order valence-corrected chi connectivity index (χ3v) is 4.11. The van der Waals surface area contributed by atoms with Gasteiger partial charge in [0, 0.05) is 38.2 Å². The molecule has 0 fully saturated rings. The van der Waals surface area contributed by atoms with E-state index in [0.29, 0.717) is 6.04 Å². The number of hydrogen-bond acceptors (Lipinski definition) is 4. The smallest absolute Gasteiger partial charge is 0.345 e. The van der Waals surface area contributed by atoms with Crippen molar-refractivity contribution in [2.45, 2.75) is 38.4 Å². The summed E-state index contributed by atoms with van der Waals surface area (Å²) >= 11 is 0. The summed E-state index contributed by atoms with van der Waals surface area (Å²) in [6, 6.07) is 2.46. The first-order valence-corrected chi connectivity index (χ1v) is 6.99. The minimum atomic E-state index is -0.00172. The highest BCUT2D eigenvalue weighted by atomic mass is 16.3. The second kappa shape index (κ2) is 5.28. The van der Waals surface area contributed by atoms with Crippen LogP contribution in [0.25, 0.3) is 0 Å². The van der Waals surface area contributed by atoms with Crippen LogP contribution >= 0.6 is 0 Å². The molecule has 0 amide bonds. The number of fused-ring (bicyclic) bond motifs is 1. The van der Waals surface area contributed by atoms with Crippen molar-refractivity contribution >= 4 is 0 Å². The molecular weight excluding hydrogens is 256 g/mol. The Bertz CT molecular complexity index is 626. The van der Waals surface area contributed by atoms with Gasteiger partial charge >= 0.3 is 5.69 Å². The quantitative estimate of drug-likeness (QED) is 0.839. The number of rotatable bonds is 3. The van der Waals surface area contributed by atoms with Gasteiger partial charge in [-0.3, -0.25) is 9.47 Å². The van der Waals surface area contributed by atoms with E-state index in [1.54, 1.807) is 19.6 Å². The van der Waals surface area contributed by atoms with Crippen molar-refractivity contribution in [3.05, 3.63) is 40.5 Å². The van der Waals surface area contributed by atoms with Gasteiger partial charge in [0.2, 0.25) is 0 Å². The number of aryl methyl sites for hydroxylation is 2. The summed E-state index contributed by atoms with van der Waals surface area (Å²) in [6.07, 6.45) is 6.36. The van der Waals surface area contributed by atoms with Crippen molar-refractivity contribution in [2.24, 2.45) is 7.05 Å². The Kier molecular flexibility index (Phi) is 3.48. The number of nitrogens with zero attached hydrogens (tertiary/aromatic N) is 4. The van der Waals surface area contributed by atoms with Crippen LogP contribution in [0.3, 0.4) is 0 Å². The lowest BCUT2D eigenvalue weighted by molar-refractivity contribution is 0.209. The lowest BCUT2D eigenvalue weighted by Crippen LogP contribution is -2.32. The fourth-order valence-corrected chi connectivity index (χ4v) is 2.92. The number of aromatic nitrogens is 3. The van der Waals surface area contributed by atoms with E-state index in [-0.39, 0.29) is 5.69 Å². The standard InChI is InChI=1S/C14H20N4O2/c1-16(9-11-6-8-20-10-11)12-3-4-13-15-17(2)14(19)18(13)7-5-12/h6,8,10,12H,3-5,7,9H2,1-2H3. The fraction of sp³-hybridized carbons (Fsp3) is 0.571. The molecule has 1 aliphatic heterocycles. The van der Waals surface area contributed by atoms with Crippen molar-refractivity contribution in [1.82, 2.24) is 19.2 Å². The van der Waals surface area contributed by atoms with Crippen LogP contribution in [0.4, 0.5) is 0 Å². The summed E-state index contributed by atoms with van der Waals surface area (Å²) in [5, 5.41) is 4.31. The number of hydrogen-bond donors (Lipinski definition) is 0. The van der Waals surface area contributed by atoms with Crippen LogP contribution in [0, 0.1) is 0 Å². The molecule has 0 aromatic carbocycles. The first-order valence-electron chi connectivity index (χ1n) is 6.99. The van der Waals surface area contributed by atoms with Crippen molar-refractivity contribution in [1.29, 1.82) is 0 Å². The van der Waals surface area contributed by atoms with Crippen LogP contribution in [0.15, 0.2) is 27.8 Å². The van der Waals surface area contributed by atoms with Gasteiger partial charge in [-0.25, -0.2) is 9.48 Å². The molecule has 0 bridgehead atoms. The second-order valence-electron chi connectivity index (χ2n) is 5.50. The van der Waals surface area contributed by atoms with Gasteiger partial charge in [-0.05, 0) is 26.0 Å². The maximum absolute atomic E-state index is 11.9. The molecule has 6 nitrogen and oxygen atoms in total. The molecule has 108 valence electrons. The Morgan fingerprint density at radius 1 is 1.50 bits per heavy atom. The molecule has 0 aliphatic carbocycles. The van der Waals surface area contributed by atoms with Crippen molar-refractivity contribution in [3.8, 4) is 0 Å². The zero-order valence-electron chi connectivity index (χ0n) is 12.0. The molecule has 3 heterocycles. The Hall–Kier alpha value is -1.82. The summed E-state index contributed by atoms with van der Waals surface area (Å²) < 4.78 is 8.36. The van der Waals surface area contributed by atoms with Crippen LogP contribution in [-0.4, -0.2) is 32.3 Å². The maximum atomic E-state index is 11.9. The third-order valence-electron chi connectivity index (χ3n) is 4.11. The summed E-state index contributed by atoms with van der Waals surface area (Å²) in [5.41, 5.74) is 1.18. The maximum Gasteiger partial charge on any atom is 0.345 e. The third kappa shape index (κ3) is 2.43. The zero-order chi connectivity index (χ0) is 14.1. The average Bonchev–Trinajstić information content (AvgIpc) is 2.95. The Morgan fingerprint density at radius 2 is 2.35 bits per heavy atom. The first kappa shape index (κ1) is 13.2. The highest BCUT2D eigenvalue weighted by Gasteiger charge is 2.22. The minimum Gasteiger partial charge on any atom is -0.472 e. The van der Waals surface area contributed by atoms with Gasteiger partial charge in [-0.15, -0.1) is 0 Å². The van der Waals surface area contributed by atoms with Gasteiger partial charge in [0.1, 0.15) is 5.82 Å². The molecule has 0 spiro atoms. The second-order valence-corrected chi connectivity index (χ2v) is 5.50. The van der Waals surface area contributed by atoms with E-state index in [9.17, 15) is 4.79 Å². The predicted octanol–water partition coefficient (Wildman–Crippen LogP) is 1.01. The number of furan rings is 1. The lowest BCUT2D eigenvalue weighted by Gasteiger charge is -2.26. The molecule has 2 aromatic heterocycles. The Labute approximate surface area is 117 Å². The predicted molar refractivity (Wildman–Crippen MR) is 74.4 cm³/mol. The van der Waals surface area contributed by atoms with Gasteiger partial charge in [-0.2, -0.15) is 5.10 Å². The summed E-state index contributed by atoms with van der Waals surface area (Å²) in [6.45, 7) is 1.63. The molecule has 1 unspecified atom stereocenters. The Balaban J connectivity index is 1.68. The average molecular weight is 276 g/mol. The van der Waals surface area contributed by atoms with E-state index in [0.717, 1.165) is 38.2 Å². The van der Waals surface area contributed by atoms with Crippen molar-refractivity contribution in [2.75, 3.05) is 7.05 Å². The summed E-state index contributed by atoms with van der Waals surface area (Å²) in [4.78, 5) is 14.3. The van der Waals surface area contributed by atoms with Crippen LogP contribution in [0.5, 0.6) is 0 Å². The highest BCUT2D eigenvalue weighted by molar-refractivity contribution is 5.05. The molecule has 3 rings (SSSR count). The summed E-state index contributed by atoms with van der Waals surface area (Å²) in [7, 11) is 3.84. The molecule has 20 heavy (non-hydrogen) atoms. The van der Waals surface area contributed by atoms with E-state index in [1.807, 2.05) is 10.6 Å². The van der Waals surface area contributed by atoms with Gasteiger partial charge in [0.05, 0.1) is 12.5 Å². The molecule has 0 radical (unpaired) electrons. The largest absolute Gasteiger partial charge is 0.472 e. The van der Waals surface area contributed by atoms with Gasteiger partial charge in [0.25, 0.3) is 0 Å². The molecule has 0 saturated heterocycles. The molecular formula is C14H20N4O2. The van der Waals surface area contributed by atoms with Gasteiger partial charge in [0.15, 0.2) is 0 Å². The Morgan fingerprint density at radius 3 is 3.10 bits per heavy atom. The normalized spacial score (nSPS) is 19.1. The molecule has 1 atom stereocenters. The topological polar surface area (TPSA) is 56.2 Å². The minimum absolute atomic E-state index is 0.00172. The van der Waals surface area contributed by atoms with Crippen molar-refractivity contribution < 1.29 is 4.42 Å². The van der Waals surface area contributed by atoms with Crippen LogP contribution in [0.1, 0.15) is 24.2 Å². The zero-order valence-corrected chi connectivity index (χ0v) is 12.0. The van der Waals surface area contributed by atoms with Crippen molar-refractivity contribution in [3.63, 3.8) is 0 Å². The summed E-state index contributed by atoms with van der Waals surface area (Å²) in [5.74, 6) is 0.914. The highest BCUT2D eigenvalue weighted by Crippen LogP contribution is 2.18. The van der Waals surface area contributed by atoms with E-state index in [1.165, 1.54) is 10.2 Å². The fourth-order valence-electron chi connectivity index (χ4n) is 2.92. The van der Waals surface area contributed by atoms with Crippen LogP contribution in [0.2, 0.25) is 0 Å². The van der Waals surface area contributed by atoms with Crippen LogP contribution in [-0.2, 0) is 26.6 Å². The molecule has 1 aliphatic rings. The van der Waals surface area contributed by atoms with Gasteiger partial charge in [-0.1, -0.05) is 0 Å². The van der Waals surface area contributed by atoms with Crippen LogP contribution < -0.4 is 5.69 Å². The molecule has 0 saturated carbocycles. The van der Waals surface area contributed by atoms with Gasteiger partial charge < -0.3 is 4.42 Å². The van der Waals surface area contributed by atoms with E-state index in [4.69, 9.17) is 4.42 Å². The molecule has 0 N–H and O–H groups in total. The van der Waals surface area contributed by atoms with E-state index >= 15 is 0 Å².